The second kappa shape index (κ2) is 11.0. The number of morpholine rings is 1. The Hall–Kier alpha value is -2.87. The normalized spacial score (nSPS) is 15.1. The molecule has 1 saturated heterocycles. The van der Waals surface area contributed by atoms with Gasteiger partial charge < -0.3 is 14.5 Å². The molecule has 8 heteroatoms. The number of anilines is 2. The highest BCUT2D eigenvalue weighted by Crippen LogP contribution is 2.23. The van der Waals surface area contributed by atoms with Crippen molar-refractivity contribution in [1.29, 1.82) is 0 Å². The largest absolute Gasteiger partial charge is 0.378 e. The number of hydrogen-bond acceptors (Lipinski definition) is 6. The van der Waals surface area contributed by atoms with E-state index in [9.17, 15) is 4.79 Å². The predicted molar refractivity (Wildman–Crippen MR) is 138 cm³/mol. The standard InChI is InChI=1S/C26H38N6O2/c1-5-8-19(3)17-32(18-20-10-7-11-21(16-20)31-12-14-34-15-13-31)26-27-23-22(9-6-2)29-30(4)24(23)25(33)28-26/h7,10-11,16,19H,5-6,8-9,12-15,17-18H2,1-4H3,(H,27,28,33). The first-order valence-corrected chi connectivity index (χ1v) is 12.6. The lowest BCUT2D eigenvalue weighted by Gasteiger charge is -2.30. The van der Waals surface area contributed by atoms with Crippen LogP contribution in [0.3, 0.4) is 0 Å². The molecular formula is C26H38N6O2. The van der Waals surface area contributed by atoms with Gasteiger partial charge in [0.25, 0.3) is 5.56 Å². The maximum atomic E-state index is 13.1. The van der Waals surface area contributed by atoms with E-state index in [1.54, 1.807) is 4.68 Å². The van der Waals surface area contributed by atoms with E-state index in [1.807, 2.05) is 7.05 Å². The summed E-state index contributed by atoms with van der Waals surface area (Å²) in [4.78, 5) is 25.7. The van der Waals surface area contributed by atoms with Gasteiger partial charge in [-0.1, -0.05) is 45.7 Å². The Kier molecular flexibility index (Phi) is 7.88. The molecule has 1 fully saturated rings. The first-order valence-electron chi connectivity index (χ1n) is 12.6. The van der Waals surface area contributed by atoms with Crippen molar-refractivity contribution < 1.29 is 4.74 Å². The summed E-state index contributed by atoms with van der Waals surface area (Å²) in [5.41, 5.74) is 4.45. The average molecular weight is 467 g/mol. The van der Waals surface area contributed by atoms with Gasteiger partial charge in [0.1, 0.15) is 5.52 Å². The van der Waals surface area contributed by atoms with Crippen molar-refractivity contribution in [3.63, 3.8) is 0 Å². The SMILES string of the molecule is CCCc1nn(C)c2c(=O)[nH]c(N(Cc3cccc(N4CCOCC4)c3)CC(C)CCC)nc12. The van der Waals surface area contributed by atoms with Gasteiger partial charge in [0.2, 0.25) is 5.95 Å². The number of hydrogen-bond donors (Lipinski definition) is 1. The van der Waals surface area contributed by atoms with E-state index in [4.69, 9.17) is 9.72 Å². The van der Waals surface area contributed by atoms with Gasteiger partial charge in [-0.15, -0.1) is 0 Å². The van der Waals surface area contributed by atoms with E-state index in [0.717, 1.165) is 69.7 Å². The molecule has 1 atom stereocenters. The van der Waals surface area contributed by atoms with Gasteiger partial charge in [-0.05, 0) is 36.5 Å². The number of ether oxygens (including phenoxy) is 1. The number of benzene rings is 1. The summed E-state index contributed by atoms with van der Waals surface area (Å²) < 4.78 is 7.18. The Labute approximate surface area is 201 Å². The molecule has 8 nitrogen and oxygen atoms in total. The molecule has 1 aliphatic rings. The van der Waals surface area contributed by atoms with Crippen LogP contribution in [0.15, 0.2) is 29.1 Å². The van der Waals surface area contributed by atoms with Crippen molar-refractivity contribution in [1.82, 2.24) is 19.7 Å². The number of aromatic nitrogens is 4. The molecule has 1 N–H and O–H groups in total. The van der Waals surface area contributed by atoms with Crippen molar-refractivity contribution in [2.24, 2.45) is 13.0 Å². The fourth-order valence-corrected chi connectivity index (χ4v) is 4.87. The smallest absolute Gasteiger partial charge is 0.278 e. The van der Waals surface area contributed by atoms with Gasteiger partial charge >= 0.3 is 0 Å². The zero-order valence-electron chi connectivity index (χ0n) is 21.0. The van der Waals surface area contributed by atoms with E-state index in [2.05, 4.69) is 64.9 Å². The van der Waals surface area contributed by atoms with Crippen LogP contribution < -0.4 is 15.4 Å². The van der Waals surface area contributed by atoms with Gasteiger partial charge in [-0.25, -0.2) is 4.98 Å². The van der Waals surface area contributed by atoms with Crippen LogP contribution in [0.4, 0.5) is 11.6 Å². The van der Waals surface area contributed by atoms with Gasteiger partial charge in [0.05, 0.1) is 18.9 Å². The van der Waals surface area contributed by atoms with E-state index < -0.39 is 0 Å². The lowest BCUT2D eigenvalue weighted by Crippen LogP contribution is -2.36. The zero-order valence-corrected chi connectivity index (χ0v) is 21.0. The van der Waals surface area contributed by atoms with Crippen molar-refractivity contribution in [2.75, 3.05) is 42.6 Å². The van der Waals surface area contributed by atoms with Crippen LogP contribution in [0.25, 0.3) is 11.0 Å². The van der Waals surface area contributed by atoms with Crippen molar-refractivity contribution in [3.8, 4) is 0 Å². The molecule has 2 aromatic heterocycles. The Morgan fingerprint density at radius 2 is 2.00 bits per heavy atom. The summed E-state index contributed by atoms with van der Waals surface area (Å²) >= 11 is 0. The van der Waals surface area contributed by atoms with Crippen LogP contribution in [0.2, 0.25) is 0 Å². The maximum absolute atomic E-state index is 13.1. The van der Waals surface area contributed by atoms with Gasteiger partial charge in [-0.3, -0.25) is 14.5 Å². The predicted octanol–water partition coefficient (Wildman–Crippen LogP) is 3.89. The minimum Gasteiger partial charge on any atom is -0.378 e. The summed E-state index contributed by atoms with van der Waals surface area (Å²) in [5, 5.41) is 4.58. The first kappa shape index (κ1) is 24.3. The number of nitrogens with zero attached hydrogens (tertiary/aromatic N) is 5. The molecule has 0 aliphatic carbocycles. The average Bonchev–Trinajstić information content (AvgIpc) is 3.15. The fraction of sp³-hybridized carbons (Fsp3) is 0.577. The highest BCUT2D eigenvalue weighted by Gasteiger charge is 2.20. The van der Waals surface area contributed by atoms with Crippen molar-refractivity contribution in [3.05, 3.63) is 45.9 Å². The zero-order chi connectivity index (χ0) is 24.1. The van der Waals surface area contributed by atoms with Gasteiger partial charge in [0, 0.05) is 38.9 Å². The fourth-order valence-electron chi connectivity index (χ4n) is 4.87. The second-order valence-corrected chi connectivity index (χ2v) is 9.45. The molecule has 184 valence electrons. The Morgan fingerprint density at radius 3 is 2.74 bits per heavy atom. The number of nitrogens with one attached hydrogen (secondary N) is 1. The van der Waals surface area contributed by atoms with E-state index in [0.29, 0.717) is 23.9 Å². The highest BCUT2D eigenvalue weighted by molar-refractivity contribution is 5.77. The minimum absolute atomic E-state index is 0.132. The third-order valence-electron chi connectivity index (χ3n) is 6.51. The van der Waals surface area contributed by atoms with E-state index >= 15 is 0 Å². The molecule has 3 heterocycles. The van der Waals surface area contributed by atoms with Crippen LogP contribution in [-0.2, 0) is 24.8 Å². The topological polar surface area (TPSA) is 79.3 Å². The van der Waals surface area contributed by atoms with Crippen molar-refractivity contribution in [2.45, 2.75) is 53.0 Å². The molecule has 1 unspecified atom stereocenters. The number of aryl methyl sites for hydroxylation is 2. The second-order valence-electron chi connectivity index (χ2n) is 9.45. The third kappa shape index (κ3) is 5.43. The van der Waals surface area contributed by atoms with Gasteiger partial charge in [-0.2, -0.15) is 5.10 Å². The number of rotatable bonds is 10. The van der Waals surface area contributed by atoms with E-state index in [1.165, 1.54) is 11.3 Å². The summed E-state index contributed by atoms with van der Waals surface area (Å²) in [6.07, 6.45) is 4.03. The van der Waals surface area contributed by atoms with Crippen LogP contribution in [0.1, 0.15) is 51.3 Å². The minimum atomic E-state index is -0.132. The Balaban J connectivity index is 1.68. The molecule has 0 amide bonds. The Morgan fingerprint density at radius 1 is 1.21 bits per heavy atom. The molecular weight excluding hydrogens is 428 g/mol. The molecule has 0 bridgehead atoms. The summed E-state index contributed by atoms with van der Waals surface area (Å²) in [7, 11) is 1.82. The molecule has 0 spiro atoms. The lowest BCUT2D eigenvalue weighted by molar-refractivity contribution is 0.122. The van der Waals surface area contributed by atoms with Gasteiger partial charge in [0.15, 0.2) is 5.52 Å². The number of H-pyrrole nitrogens is 1. The summed E-state index contributed by atoms with van der Waals surface area (Å²) in [6, 6.07) is 8.70. The molecule has 1 aromatic carbocycles. The maximum Gasteiger partial charge on any atom is 0.278 e. The molecule has 0 saturated carbocycles. The molecule has 34 heavy (non-hydrogen) atoms. The first-order chi connectivity index (χ1) is 16.5. The molecule has 1 aliphatic heterocycles. The van der Waals surface area contributed by atoms with Crippen LogP contribution in [0, 0.1) is 5.92 Å². The molecule has 3 aromatic rings. The van der Waals surface area contributed by atoms with Crippen molar-refractivity contribution >= 4 is 22.7 Å². The summed E-state index contributed by atoms with van der Waals surface area (Å²) in [5.74, 6) is 1.11. The molecule has 0 radical (unpaired) electrons. The van der Waals surface area contributed by atoms with E-state index in [-0.39, 0.29) is 5.56 Å². The van der Waals surface area contributed by atoms with Crippen LogP contribution >= 0.6 is 0 Å². The quantitative estimate of drug-likeness (QED) is 0.488. The Bertz CT molecular complexity index is 1150. The highest BCUT2D eigenvalue weighted by atomic mass is 16.5. The number of aromatic amines is 1. The lowest BCUT2D eigenvalue weighted by atomic mass is 10.1. The summed E-state index contributed by atoms with van der Waals surface area (Å²) in [6.45, 7) is 11.5. The van der Waals surface area contributed by atoms with Crippen LogP contribution in [-0.4, -0.2) is 52.6 Å². The number of fused-ring (bicyclic) bond motifs is 1. The third-order valence-corrected chi connectivity index (χ3v) is 6.51. The monoisotopic (exact) mass is 466 g/mol. The van der Waals surface area contributed by atoms with Crippen LogP contribution in [0.5, 0.6) is 0 Å². The molecule has 4 rings (SSSR count).